The van der Waals surface area contributed by atoms with Crippen LogP contribution in [0.25, 0.3) is 0 Å². The molecule has 1 fully saturated rings. The minimum atomic E-state index is 0.753. The lowest BCUT2D eigenvalue weighted by atomic mass is 9.82. The van der Waals surface area contributed by atoms with Gasteiger partial charge in [0.2, 0.25) is 0 Å². The minimum Gasteiger partial charge on any atom is -0.0622 e. The number of hydrogen-bond acceptors (Lipinski definition) is 0. The van der Waals surface area contributed by atoms with Crippen LogP contribution in [0.2, 0.25) is 0 Å². The maximum Gasteiger partial charge on any atom is -0.0388 e. The van der Waals surface area contributed by atoms with Crippen molar-refractivity contribution in [2.24, 2.45) is 11.8 Å². The van der Waals surface area contributed by atoms with Gasteiger partial charge in [-0.1, -0.05) is 32.6 Å². The van der Waals surface area contributed by atoms with E-state index in [2.05, 4.69) is 13.8 Å². The molecular formula is C8H15. The molecule has 0 aromatic carbocycles. The summed E-state index contributed by atoms with van der Waals surface area (Å²) in [5, 5.41) is 0. The first-order chi connectivity index (χ1) is 3.80. The lowest BCUT2D eigenvalue weighted by molar-refractivity contribution is 0.304. The SMILES string of the molecule is [CH2]C1CCCCC1C. The van der Waals surface area contributed by atoms with E-state index in [1.165, 1.54) is 25.7 Å². The van der Waals surface area contributed by atoms with Gasteiger partial charge < -0.3 is 0 Å². The molecule has 0 aliphatic heterocycles. The topological polar surface area (TPSA) is 0 Å². The van der Waals surface area contributed by atoms with Gasteiger partial charge in [0.15, 0.2) is 0 Å². The largest absolute Gasteiger partial charge is 0.0622 e. The molecule has 0 saturated heterocycles. The van der Waals surface area contributed by atoms with Crippen molar-refractivity contribution < 1.29 is 0 Å². The van der Waals surface area contributed by atoms with Crippen LogP contribution in [0.4, 0.5) is 0 Å². The Morgan fingerprint density at radius 2 is 1.88 bits per heavy atom. The highest BCUT2D eigenvalue weighted by Crippen LogP contribution is 2.27. The summed E-state index contributed by atoms with van der Waals surface area (Å²) < 4.78 is 0. The highest BCUT2D eigenvalue weighted by Gasteiger charge is 2.15. The van der Waals surface area contributed by atoms with Gasteiger partial charge in [-0.3, -0.25) is 0 Å². The van der Waals surface area contributed by atoms with Crippen LogP contribution in [0, 0.1) is 18.8 Å². The van der Waals surface area contributed by atoms with Gasteiger partial charge >= 0.3 is 0 Å². The lowest BCUT2D eigenvalue weighted by Gasteiger charge is -2.24. The van der Waals surface area contributed by atoms with Crippen molar-refractivity contribution in [1.29, 1.82) is 0 Å². The van der Waals surface area contributed by atoms with Gasteiger partial charge in [-0.25, -0.2) is 0 Å². The Morgan fingerprint density at radius 3 is 2.25 bits per heavy atom. The Hall–Kier alpha value is 0. The van der Waals surface area contributed by atoms with Crippen LogP contribution in [0.5, 0.6) is 0 Å². The molecule has 1 aliphatic rings. The van der Waals surface area contributed by atoms with E-state index in [1.54, 1.807) is 0 Å². The van der Waals surface area contributed by atoms with Crippen LogP contribution in [0.1, 0.15) is 32.6 Å². The van der Waals surface area contributed by atoms with Crippen molar-refractivity contribution in [2.75, 3.05) is 0 Å². The zero-order valence-electron chi connectivity index (χ0n) is 5.69. The summed E-state index contributed by atoms with van der Waals surface area (Å²) in [5.74, 6) is 1.65. The average molecular weight is 111 g/mol. The van der Waals surface area contributed by atoms with Crippen LogP contribution in [-0.4, -0.2) is 0 Å². The number of rotatable bonds is 0. The molecule has 2 atom stereocenters. The summed E-state index contributed by atoms with van der Waals surface area (Å²) >= 11 is 0. The minimum absolute atomic E-state index is 0.753. The second-order valence-corrected chi connectivity index (χ2v) is 3.02. The maximum absolute atomic E-state index is 4.08. The van der Waals surface area contributed by atoms with Gasteiger partial charge in [-0.05, 0) is 18.8 Å². The van der Waals surface area contributed by atoms with Crippen LogP contribution >= 0.6 is 0 Å². The van der Waals surface area contributed by atoms with Crippen LogP contribution in [-0.2, 0) is 0 Å². The van der Waals surface area contributed by atoms with E-state index in [-0.39, 0.29) is 0 Å². The summed E-state index contributed by atoms with van der Waals surface area (Å²) in [7, 11) is 0. The molecule has 1 rings (SSSR count). The van der Waals surface area contributed by atoms with Crippen molar-refractivity contribution >= 4 is 0 Å². The monoisotopic (exact) mass is 111 g/mol. The predicted octanol–water partition coefficient (Wildman–Crippen LogP) is 2.65. The smallest absolute Gasteiger partial charge is 0.0388 e. The Kier molecular flexibility index (Phi) is 1.93. The van der Waals surface area contributed by atoms with Gasteiger partial charge in [0.05, 0.1) is 0 Å². The quantitative estimate of drug-likeness (QED) is 0.451. The highest BCUT2D eigenvalue weighted by molar-refractivity contribution is 4.72. The van der Waals surface area contributed by atoms with E-state index in [9.17, 15) is 0 Å². The average Bonchev–Trinajstić information content (AvgIpc) is 1.77. The molecule has 0 heteroatoms. The molecule has 0 heterocycles. The fourth-order valence-corrected chi connectivity index (χ4v) is 1.39. The normalized spacial score (nSPS) is 39.8. The van der Waals surface area contributed by atoms with E-state index in [0.29, 0.717) is 0 Å². The fraction of sp³-hybridized carbons (Fsp3) is 0.875. The van der Waals surface area contributed by atoms with Gasteiger partial charge in [0.25, 0.3) is 0 Å². The molecular weight excluding hydrogens is 96.1 g/mol. The molecule has 0 bridgehead atoms. The summed E-state index contributed by atoms with van der Waals surface area (Å²) in [6.07, 6.45) is 5.63. The standard InChI is InChI=1S/C8H15/c1-7-5-3-4-6-8(7)2/h7-8H,1,3-6H2,2H3. The number of hydrogen-bond donors (Lipinski definition) is 0. The van der Waals surface area contributed by atoms with E-state index in [0.717, 1.165) is 11.8 Å². The van der Waals surface area contributed by atoms with Gasteiger partial charge in [-0.2, -0.15) is 0 Å². The molecule has 0 amide bonds. The molecule has 0 aromatic heterocycles. The van der Waals surface area contributed by atoms with Crippen molar-refractivity contribution in [3.8, 4) is 0 Å². The van der Waals surface area contributed by atoms with Crippen molar-refractivity contribution in [3.05, 3.63) is 6.92 Å². The summed E-state index contributed by atoms with van der Waals surface area (Å²) in [6.45, 7) is 6.39. The third kappa shape index (κ3) is 1.24. The molecule has 1 aliphatic carbocycles. The summed E-state index contributed by atoms with van der Waals surface area (Å²) in [6, 6.07) is 0. The van der Waals surface area contributed by atoms with E-state index in [1.807, 2.05) is 0 Å². The van der Waals surface area contributed by atoms with E-state index >= 15 is 0 Å². The maximum atomic E-state index is 4.08. The Morgan fingerprint density at radius 1 is 1.25 bits per heavy atom. The van der Waals surface area contributed by atoms with Crippen molar-refractivity contribution in [2.45, 2.75) is 32.6 Å². The first kappa shape index (κ1) is 6.12. The molecule has 1 saturated carbocycles. The Bertz CT molecular complexity index is 56.4. The Balaban J connectivity index is 2.28. The van der Waals surface area contributed by atoms with E-state index in [4.69, 9.17) is 0 Å². The second kappa shape index (κ2) is 2.52. The zero-order valence-corrected chi connectivity index (χ0v) is 5.69. The third-order valence-corrected chi connectivity index (χ3v) is 2.29. The van der Waals surface area contributed by atoms with E-state index < -0.39 is 0 Å². The van der Waals surface area contributed by atoms with Gasteiger partial charge in [-0.15, -0.1) is 0 Å². The van der Waals surface area contributed by atoms with Gasteiger partial charge in [0.1, 0.15) is 0 Å². The molecule has 0 spiro atoms. The summed E-state index contributed by atoms with van der Waals surface area (Å²) in [5.41, 5.74) is 0. The predicted molar refractivity (Wildman–Crippen MR) is 36.5 cm³/mol. The lowest BCUT2D eigenvalue weighted by Crippen LogP contribution is -2.12. The molecule has 0 N–H and O–H groups in total. The van der Waals surface area contributed by atoms with Crippen LogP contribution in [0.3, 0.4) is 0 Å². The zero-order chi connectivity index (χ0) is 5.98. The van der Waals surface area contributed by atoms with Crippen molar-refractivity contribution in [1.82, 2.24) is 0 Å². The Labute approximate surface area is 52.3 Å². The van der Waals surface area contributed by atoms with Crippen LogP contribution in [0.15, 0.2) is 0 Å². The molecule has 47 valence electrons. The first-order valence-corrected chi connectivity index (χ1v) is 3.64. The van der Waals surface area contributed by atoms with Gasteiger partial charge in [0, 0.05) is 0 Å². The van der Waals surface area contributed by atoms with Crippen molar-refractivity contribution in [3.63, 3.8) is 0 Å². The molecule has 0 aromatic rings. The fourth-order valence-electron chi connectivity index (χ4n) is 1.39. The second-order valence-electron chi connectivity index (χ2n) is 3.02. The van der Waals surface area contributed by atoms with Crippen LogP contribution < -0.4 is 0 Å². The third-order valence-electron chi connectivity index (χ3n) is 2.29. The molecule has 0 nitrogen and oxygen atoms in total. The first-order valence-electron chi connectivity index (χ1n) is 3.64. The molecule has 8 heavy (non-hydrogen) atoms. The summed E-state index contributed by atoms with van der Waals surface area (Å²) in [4.78, 5) is 0. The molecule has 1 radical (unpaired) electrons. The highest BCUT2D eigenvalue weighted by atomic mass is 14.2. The molecule has 2 unspecified atom stereocenters.